The lowest BCUT2D eigenvalue weighted by Gasteiger charge is -2.28. The second-order valence-corrected chi connectivity index (χ2v) is 7.35. The molecule has 148 valence electrons. The third-order valence-electron chi connectivity index (χ3n) is 5.32. The lowest BCUT2D eigenvalue weighted by atomic mass is 10.1. The number of nitrogens with one attached hydrogen (secondary N) is 1. The van der Waals surface area contributed by atoms with E-state index in [9.17, 15) is 4.79 Å². The number of carbonyl (C=O) groups is 1. The summed E-state index contributed by atoms with van der Waals surface area (Å²) in [6.45, 7) is 2.26. The molecule has 0 bridgehead atoms. The highest BCUT2D eigenvalue weighted by Crippen LogP contribution is 2.24. The minimum absolute atomic E-state index is 0.0675. The highest BCUT2D eigenvalue weighted by Gasteiger charge is 2.14. The van der Waals surface area contributed by atoms with Gasteiger partial charge in [0.05, 0.1) is 0 Å². The summed E-state index contributed by atoms with van der Waals surface area (Å²) in [6.07, 6.45) is 5.52. The van der Waals surface area contributed by atoms with Crippen LogP contribution in [0.2, 0.25) is 0 Å². The molecule has 0 atom stereocenters. The maximum absolute atomic E-state index is 12.8. The SMILES string of the molecule is CN(C(=O)c1ccnc(Nc2ccc(N3CCCCC3)cc2)c1)c1ccccc1. The Morgan fingerprint density at radius 2 is 1.69 bits per heavy atom. The molecule has 5 heteroatoms. The lowest BCUT2D eigenvalue weighted by Crippen LogP contribution is -2.29. The number of hydrogen-bond donors (Lipinski definition) is 1. The Balaban J connectivity index is 1.45. The van der Waals surface area contributed by atoms with E-state index in [-0.39, 0.29) is 5.91 Å². The summed E-state index contributed by atoms with van der Waals surface area (Å²) in [5.74, 6) is 0.588. The summed E-state index contributed by atoms with van der Waals surface area (Å²) < 4.78 is 0. The first-order chi connectivity index (χ1) is 14.2. The van der Waals surface area contributed by atoms with E-state index in [1.807, 2.05) is 30.3 Å². The van der Waals surface area contributed by atoms with Gasteiger partial charge in [-0.25, -0.2) is 4.98 Å². The van der Waals surface area contributed by atoms with Gasteiger partial charge in [-0.2, -0.15) is 0 Å². The van der Waals surface area contributed by atoms with Crippen molar-refractivity contribution in [3.05, 3.63) is 78.5 Å². The van der Waals surface area contributed by atoms with Gasteiger partial charge in [-0.3, -0.25) is 4.79 Å². The molecule has 0 unspecified atom stereocenters. The monoisotopic (exact) mass is 386 g/mol. The number of piperidine rings is 1. The van der Waals surface area contributed by atoms with Gasteiger partial charge in [0.2, 0.25) is 0 Å². The molecule has 1 amide bonds. The molecule has 0 radical (unpaired) electrons. The number of anilines is 4. The molecule has 0 saturated carbocycles. The van der Waals surface area contributed by atoms with Crippen molar-refractivity contribution in [2.24, 2.45) is 0 Å². The maximum atomic E-state index is 12.8. The molecule has 1 aliphatic heterocycles. The fourth-order valence-corrected chi connectivity index (χ4v) is 3.65. The molecule has 29 heavy (non-hydrogen) atoms. The first kappa shape index (κ1) is 19.0. The molecule has 1 aliphatic rings. The van der Waals surface area contributed by atoms with Crippen LogP contribution >= 0.6 is 0 Å². The predicted molar refractivity (Wildman–Crippen MR) is 119 cm³/mol. The first-order valence-electron chi connectivity index (χ1n) is 10.1. The second-order valence-electron chi connectivity index (χ2n) is 7.35. The van der Waals surface area contributed by atoms with Crippen LogP contribution in [-0.4, -0.2) is 31.0 Å². The van der Waals surface area contributed by atoms with Crippen molar-refractivity contribution in [2.75, 3.05) is 35.3 Å². The Morgan fingerprint density at radius 1 is 0.966 bits per heavy atom. The van der Waals surface area contributed by atoms with E-state index in [0.29, 0.717) is 11.4 Å². The third kappa shape index (κ3) is 4.57. The Morgan fingerprint density at radius 3 is 2.41 bits per heavy atom. The van der Waals surface area contributed by atoms with Crippen molar-refractivity contribution < 1.29 is 4.79 Å². The number of carbonyl (C=O) groups excluding carboxylic acids is 1. The van der Waals surface area contributed by atoms with Crippen LogP contribution in [0.15, 0.2) is 72.9 Å². The molecule has 0 spiro atoms. The number of rotatable bonds is 5. The fourth-order valence-electron chi connectivity index (χ4n) is 3.65. The van der Waals surface area contributed by atoms with Gasteiger partial charge >= 0.3 is 0 Å². The minimum Gasteiger partial charge on any atom is -0.372 e. The molecular formula is C24H26N4O. The summed E-state index contributed by atoms with van der Waals surface area (Å²) in [5.41, 5.74) is 3.67. The van der Waals surface area contributed by atoms with Crippen molar-refractivity contribution in [1.29, 1.82) is 0 Å². The molecule has 4 rings (SSSR count). The zero-order valence-corrected chi connectivity index (χ0v) is 16.7. The summed E-state index contributed by atoms with van der Waals surface area (Å²) in [7, 11) is 1.78. The molecule has 3 aromatic rings. The van der Waals surface area contributed by atoms with Crippen LogP contribution in [0.3, 0.4) is 0 Å². The number of aromatic nitrogens is 1. The summed E-state index contributed by atoms with van der Waals surface area (Å²) in [4.78, 5) is 21.3. The van der Waals surface area contributed by atoms with Gasteiger partial charge < -0.3 is 15.1 Å². The Hall–Kier alpha value is -3.34. The normalized spacial score (nSPS) is 13.8. The standard InChI is InChI=1S/C24H26N4O/c1-27(21-8-4-2-5-9-21)24(29)19-14-15-25-23(18-19)26-20-10-12-22(13-11-20)28-16-6-3-7-17-28/h2,4-5,8-15,18H,3,6-7,16-17H2,1H3,(H,25,26). The zero-order chi connectivity index (χ0) is 20.1. The van der Waals surface area contributed by atoms with Crippen molar-refractivity contribution >= 4 is 28.8 Å². The lowest BCUT2D eigenvalue weighted by molar-refractivity contribution is 0.0993. The molecule has 2 heterocycles. The van der Waals surface area contributed by atoms with E-state index < -0.39 is 0 Å². The van der Waals surface area contributed by atoms with E-state index in [2.05, 4.69) is 39.5 Å². The molecular weight excluding hydrogens is 360 g/mol. The van der Waals surface area contributed by atoms with Crippen molar-refractivity contribution in [3.63, 3.8) is 0 Å². The number of pyridine rings is 1. The second kappa shape index (κ2) is 8.78. The van der Waals surface area contributed by atoms with Gasteiger partial charge in [-0.05, 0) is 67.8 Å². The van der Waals surface area contributed by atoms with Gasteiger partial charge in [0.15, 0.2) is 0 Å². The van der Waals surface area contributed by atoms with Gasteiger partial charge in [0, 0.05) is 49.0 Å². The first-order valence-corrected chi connectivity index (χ1v) is 10.1. The number of hydrogen-bond acceptors (Lipinski definition) is 4. The van der Waals surface area contributed by atoms with Crippen molar-refractivity contribution in [2.45, 2.75) is 19.3 Å². The van der Waals surface area contributed by atoms with Gasteiger partial charge in [0.25, 0.3) is 5.91 Å². The van der Waals surface area contributed by atoms with Crippen molar-refractivity contribution in [1.82, 2.24) is 4.98 Å². The fraction of sp³-hybridized carbons (Fsp3) is 0.250. The van der Waals surface area contributed by atoms with Crippen LogP contribution in [0.25, 0.3) is 0 Å². The number of nitrogens with zero attached hydrogens (tertiary/aromatic N) is 3. The topological polar surface area (TPSA) is 48.5 Å². The highest BCUT2D eigenvalue weighted by molar-refractivity contribution is 6.06. The summed E-state index contributed by atoms with van der Waals surface area (Å²) in [6, 6.07) is 21.6. The largest absolute Gasteiger partial charge is 0.372 e. The Labute approximate surface area is 172 Å². The average molecular weight is 386 g/mol. The van der Waals surface area contributed by atoms with Gasteiger partial charge in [0.1, 0.15) is 5.82 Å². The van der Waals surface area contributed by atoms with Crippen LogP contribution in [0, 0.1) is 0 Å². The molecule has 5 nitrogen and oxygen atoms in total. The minimum atomic E-state index is -0.0675. The van der Waals surface area contributed by atoms with Crippen LogP contribution in [0.5, 0.6) is 0 Å². The molecule has 1 N–H and O–H groups in total. The van der Waals surface area contributed by atoms with Crippen molar-refractivity contribution in [3.8, 4) is 0 Å². The van der Waals surface area contributed by atoms with Gasteiger partial charge in [-0.15, -0.1) is 0 Å². The van der Waals surface area contributed by atoms with E-state index in [4.69, 9.17) is 0 Å². The summed E-state index contributed by atoms with van der Waals surface area (Å²) in [5, 5.41) is 3.31. The Bertz CT molecular complexity index is 950. The van der Waals surface area contributed by atoms with E-state index in [1.165, 1.54) is 24.9 Å². The quantitative estimate of drug-likeness (QED) is 0.663. The number of amides is 1. The van der Waals surface area contributed by atoms with Crippen LogP contribution in [0.1, 0.15) is 29.6 Å². The van der Waals surface area contributed by atoms with Crippen LogP contribution in [-0.2, 0) is 0 Å². The third-order valence-corrected chi connectivity index (χ3v) is 5.32. The Kier molecular flexibility index (Phi) is 5.75. The van der Waals surface area contributed by atoms with E-state index in [0.717, 1.165) is 24.5 Å². The average Bonchev–Trinajstić information content (AvgIpc) is 2.80. The van der Waals surface area contributed by atoms with Crippen LogP contribution in [0.4, 0.5) is 22.9 Å². The molecule has 0 aliphatic carbocycles. The van der Waals surface area contributed by atoms with Gasteiger partial charge in [-0.1, -0.05) is 18.2 Å². The molecule has 1 saturated heterocycles. The van der Waals surface area contributed by atoms with E-state index in [1.54, 1.807) is 30.3 Å². The predicted octanol–water partition coefficient (Wildman–Crippen LogP) is 5.09. The number of benzene rings is 2. The number of para-hydroxylation sites is 1. The summed E-state index contributed by atoms with van der Waals surface area (Å²) >= 11 is 0. The van der Waals surface area contributed by atoms with E-state index >= 15 is 0 Å². The zero-order valence-electron chi connectivity index (χ0n) is 16.7. The maximum Gasteiger partial charge on any atom is 0.258 e. The highest BCUT2D eigenvalue weighted by atomic mass is 16.2. The molecule has 1 fully saturated rings. The molecule has 2 aromatic carbocycles. The molecule has 1 aromatic heterocycles. The van der Waals surface area contributed by atoms with Crippen LogP contribution < -0.4 is 15.1 Å². The smallest absolute Gasteiger partial charge is 0.258 e.